The van der Waals surface area contributed by atoms with E-state index in [-0.39, 0.29) is 11.8 Å². The number of aromatic nitrogens is 4. The van der Waals surface area contributed by atoms with Crippen molar-refractivity contribution in [3.63, 3.8) is 0 Å². The summed E-state index contributed by atoms with van der Waals surface area (Å²) in [4.78, 5) is 7.21. The van der Waals surface area contributed by atoms with Crippen molar-refractivity contribution in [2.75, 3.05) is 5.43 Å². The molecule has 0 bridgehead atoms. The van der Waals surface area contributed by atoms with Crippen molar-refractivity contribution in [1.82, 2.24) is 19.7 Å². The standard InChI is InChI=1S/C12H9F3N6/c13-12(14,15)9-5-10(19-11(18-9)20-16)21-8-4-2-1-3-7(8)6-17-21/h1-6H,16H2,(H,18,19,20). The molecule has 21 heavy (non-hydrogen) atoms. The fourth-order valence-electron chi connectivity index (χ4n) is 1.91. The lowest BCUT2D eigenvalue weighted by molar-refractivity contribution is -0.141. The number of nitrogens with zero attached hydrogens (tertiary/aromatic N) is 4. The van der Waals surface area contributed by atoms with Gasteiger partial charge in [-0.05, 0) is 6.07 Å². The normalized spacial score (nSPS) is 11.8. The number of fused-ring (bicyclic) bond motifs is 1. The Balaban J connectivity index is 2.22. The average molecular weight is 294 g/mol. The second kappa shape index (κ2) is 4.70. The van der Waals surface area contributed by atoms with Gasteiger partial charge in [0, 0.05) is 11.5 Å². The lowest BCUT2D eigenvalue weighted by Crippen LogP contribution is -2.17. The first-order valence-electron chi connectivity index (χ1n) is 5.85. The fraction of sp³-hybridized carbons (Fsp3) is 0.0833. The summed E-state index contributed by atoms with van der Waals surface area (Å²) in [5, 5.41) is 4.84. The fourth-order valence-corrected chi connectivity index (χ4v) is 1.91. The van der Waals surface area contributed by atoms with Gasteiger partial charge in [0.2, 0.25) is 5.95 Å². The maximum Gasteiger partial charge on any atom is 0.433 e. The molecule has 2 aromatic heterocycles. The highest BCUT2D eigenvalue weighted by Crippen LogP contribution is 2.29. The minimum Gasteiger partial charge on any atom is -0.292 e. The van der Waals surface area contributed by atoms with E-state index >= 15 is 0 Å². The summed E-state index contributed by atoms with van der Waals surface area (Å²) < 4.78 is 39.9. The molecule has 0 saturated carbocycles. The molecule has 0 spiro atoms. The van der Waals surface area contributed by atoms with Crippen LogP contribution in [0, 0.1) is 0 Å². The molecule has 3 rings (SSSR count). The SMILES string of the molecule is NNc1nc(-n2ncc3ccccc32)cc(C(F)(F)F)n1. The van der Waals surface area contributed by atoms with Crippen LogP contribution in [0.5, 0.6) is 0 Å². The number of hydrogen-bond donors (Lipinski definition) is 2. The van der Waals surface area contributed by atoms with Gasteiger partial charge in [-0.3, -0.25) is 5.43 Å². The third kappa shape index (κ3) is 2.38. The maximum absolute atomic E-state index is 12.9. The average Bonchev–Trinajstić information content (AvgIpc) is 2.89. The zero-order valence-electron chi connectivity index (χ0n) is 10.5. The molecule has 9 heteroatoms. The van der Waals surface area contributed by atoms with Crippen molar-refractivity contribution in [3.8, 4) is 5.82 Å². The molecule has 0 amide bonds. The highest BCUT2D eigenvalue weighted by Gasteiger charge is 2.34. The summed E-state index contributed by atoms with van der Waals surface area (Å²) in [5.41, 5.74) is 1.56. The van der Waals surface area contributed by atoms with Crippen LogP contribution in [-0.4, -0.2) is 19.7 Å². The number of hydrogen-bond acceptors (Lipinski definition) is 5. The minimum absolute atomic E-state index is 0.0218. The summed E-state index contributed by atoms with van der Waals surface area (Å²) in [6, 6.07) is 7.91. The van der Waals surface area contributed by atoms with Crippen LogP contribution in [0.25, 0.3) is 16.7 Å². The number of hydrazine groups is 1. The van der Waals surface area contributed by atoms with Crippen LogP contribution in [-0.2, 0) is 6.18 Å². The van der Waals surface area contributed by atoms with Gasteiger partial charge in [0.1, 0.15) is 0 Å². The van der Waals surface area contributed by atoms with Crippen molar-refractivity contribution in [3.05, 3.63) is 42.2 Å². The van der Waals surface area contributed by atoms with Crippen LogP contribution in [0.3, 0.4) is 0 Å². The quantitative estimate of drug-likeness (QED) is 0.559. The Morgan fingerprint density at radius 3 is 2.62 bits per heavy atom. The van der Waals surface area contributed by atoms with E-state index in [1.807, 2.05) is 11.5 Å². The van der Waals surface area contributed by atoms with Gasteiger partial charge in [-0.2, -0.15) is 23.3 Å². The minimum atomic E-state index is -4.60. The molecule has 3 aromatic rings. The van der Waals surface area contributed by atoms with Crippen molar-refractivity contribution in [2.45, 2.75) is 6.18 Å². The molecule has 0 aliphatic rings. The summed E-state index contributed by atoms with van der Waals surface area (Å²) in [7, 11) is 0. The zero-order chi connectivity index (χ0) is 15.0. The highest BCUT2D eigenvalue weighted by molar-refractivity contribution is 5.79. The van der Waals surface area contributed by atoms with Crippen LogP contribution < -0.4 is 11.3 Å². The largest absolute Gasteiger partial charge is 0.433 e. The number of nitrogen functional groups attached to an aromatic ring is 1. The van der Waals surface area contributed by atoms with Crippen molar-refractivity contribution in [2.24, 2.45) is 5.84 Å². The van der Waals surface area contributed by atoms with Crippen LogP contribution in [0.2, 0.25) is 0 Å². The Morgan fingerprint density at radius 1 is 1.14 bits per heavy atom. The molecule has 0 radical (unpaired) electrons. The van der Waals surface area contributed by atoms with E-state index in [9.17, 15) is 13.2 Å². The summed E-state index contributed by atoms with van der Waals surface area (Å²) in [6.45, 7) is 0. The zero-order valence-corrected chi connectivity index (χ0v) is 10.5. The Kier molecular flexibility index (Phi) is 2.98. The molecule has 0 saturated heterocycles. The van der Waals surface area contributed by atoms with Gasteiger partial charge in [0.25, 0.3) is 0 Å². The molecule has 2 heterocycles. The van der Waals surface area contributed by atoms with Crippen LogP contribution in [0.1, 0.15) is 5.69 Å². The van der Waals surface area contributed by atoms with Gasteiger partial charge in [0.15, 0.2) is 11.5 Å². The Hall–Kier alpha value is -2.68. The molecular weight excluding hydrogens is 285 g/mol. The third-order valence-corrected chi connectivity index (χ3v) is 2.83. The molecule has 6 nitrogen and oxygen atoms in total. The smallest absolute Gasteiger partial charge is 0.292 e. The number of nitrogens with two attached hydrogens (primary N) is 1. The number of alkyl halides is 3. The monoisotopic (exact) mass is 294 g/mol. The van der Waals surface area contributed by atoms with Crippen LogP contribution in [0.15, 0.2) is 36.5 Å². The lowest BCUT2D eigenvalue weighted by Gasteiger charge is -2.10. The van der Waals surface area contributed by atoms with Gasteiger partial charge < -0.3 is 0 Å². The topological polar surface area (TPSA) is 81.6 Å². The number of halogens is 3. The molecule has 0 atom stereocenters. The van der Waals surface area contributed by atoms with Crippen molar-refractivity contribution >= 4 is 16.9 Å². The lowest BCUT2D eigenvalue weighted by atomic mass is 10.2. The molecule has 3 N–H and O–H groups in total. The van der Waals surface area contributed by atoms with Gasteiger partial charge in [-0.15, -0.1) is 0 Å². The van der Waals surface area contributed by atoms with Gasteiger partial charge in [-0.25, -0.2) is 15.5 Å². The van der Waals surface area contributed by atoms with E-state index < -0.39 is 11.9 Å². The first-order chi connectivity index (χ1) is 9.99. The number of nitrogens with one attached hydrogen (secondary N) is 1. The van der Waals surface area contributed by atoms with Gasteiger partial charge in [-0.1, -0.05) is 18.2 Å². The van der Waals surface area contributed by atoms with E-state index in [0.29, 0.717) is 5.52 Å². The van der Waals surface area contributed by atoms with E-state index in [0.717, 1.165) is 11.5 Å². The third-order valence-electron chi connectivity index (χ3n) is 2.83. The Labute approximate surface area is 116 Å². The molecule has 108 valence electrons. The molecular formula is C12H9F3N6. The molecule has 0 fully saturated rings. The van der Waals surface area contributed by atoms with E-state index in [4.69, 9.17) is 5.84 Å². The predicted molar refractivity (Wildman–Crippen MR) is 69.5 cm³/mol. The van der Waals surface area contributed by atoms with Gasteiger partial charge in [0.05, 0.1) is 11.7 Å². The Morgan fingerprint density at radius 2 is 1.90 bits per heavy atom. The number of rotatable bonds is 2. The summed E-state index contributed by atoms with van der Waals surface area (Å²) in [6.07, 6.45) is -3.06. The van der Waals surface area contributed by atoms with E-state index in [1.54, 1.807) is 24.4 Å². The predicted octanol–water partition coefficient (Wildman–Crippen LogP) is 2.12. The van der Waals surface area contributed by atoms with Crippen molar-refractivity contribution in [1.29, 1.82) is 0 Å². The van der Waals surface area contributed by atoms with Crippen LogP contribution >= 0.6 is 0 Å². The first kappa shape index (κ1) is 13.3. The van der Waals surface area contributed by atoms with E-state index in [1.165, 1.54) is 4.68 Å². The number of benzene rings is 1. The van der Waals surface area contributed by atoms with Crippen LogP contribution in [0.4, 0.5) is 19.1 Å². The summed E-state index contributed by atoms with van der Waals surface area (Å²) in [5.74, 6) is 4.77. The molecule has 0 aliphatic carbocycles. The highest BCUT2D eigenvalue weighted by atomic mass is 19.4. The Bertz CT molecular complexity index is 795. The number of para-hydroxylation sites is 1. The molecule has 0 aliphatic heterocycles. The van der Waals surface area contributed by atoms with Crippen molar-refractivity contribution < 1.29 is 13.2 Å². The van der Waals surface area contributed by atoms with Gasteiger partial charge >= 0.3 is 6.18 Å². The second-order valence-electron chi connectivity index (χ2n) is 4.19. The summed E-state index contributed by atoms with van der Waals surface area (Å²) >= 11 is 0. The molecule has 1 aromatic carbocycles. The maximum atomic E-state index is 12.9. The first-order valence-corrected chi connectivity index (χ1v) is 5.85. The number of anilines is 1. The van der Waals surface area contributed by atoms with E-state index in [2.05, 4.69) is 15.1 Å². The molecule has 0 unspecified atom stereocenters. The second-order valence-corrected chi connectivity index (χ2v) is 4.19.